The minimum Gasteiger partial charge on any atom is -0.313 e. The van der Waals surface area contributed by atoms with Crippen LogP contribution in [-0.4, -0.2) is 15.1 Å². The third kappa shape index (κ3) is 3.15. The zero-order valence-electron chi connectivity index (χ0n) is 14.3. The highest BCUT2D eigenvalue weighted by atomic mass is 35.5. The number of aromatic nitrogens is 1. The molecule has 0 atom stereocenters. The molecule has 0 saturated heterocycles. The maximum atomic E-state index is 13.4. The van der Waals surface area contributed by atoms with Crippen molar-refractivity contribution < 1.29 is 9.72 Å². The Morgan fingerprint density at radius 1 is 0.964 bits per heavy atom. The number of hydrogen-bond acceptors (Lipinski definition) is 3. The van der Waals surface area contributed by atoms with Gasteiger partial charge in [0.1, 0.15) is 5.69 Å². The normalized spacial score (nSPS) is 10.9. The first-order valence-corrected chi connectivity index (χ1v) is 9.06. The summed E-state index contributed by atoms with van der Waals surface area (Å²) in [7, 11) is 0. The van der Waals surface area contributed by atoms with Crippen LogP contribution in [0.1, 0.15) is 16.1 Å². The van der Waals surface area contributed by atoms with Gasteiger partial charge in [-0.15, -0.1) is 0 Å². The van der Waals surface area contributed by atoms with Gasteiger partial charge in [0.15, 0.2) is 0 Å². The first-order valence-electron chi connectivity index (χ1n) is 8.30. The standard InChI is InChI=1S/C21H12Cl2N2O3/c22-14-6-4-13(5-7-14)18-11-15-3-1-2-10-24(15)20(18)21(26)17-9-8-16(25(27)28)12-19(17)23/h1-12H. The molecule has 0 aliphatic rings. The van der Waals surface area contributed by atoms with Crippen LogP contribution in [0.2, 0.25) is 10.0 Å². The van der Waals surface area contributed by atoms with E-state index in [1.807, 2.05) is 36.4 Å². The lowest BCUT2D eigenvalue weighted by molar-refractivity contribution is -0.384. The van der Waals surface area contributed by atoms with Crippen LogP contribution in [0.4, 0.5) is 5.69 Å². The molecule has 2 aromatic heterocycles. The molecule has 0 aliphatic heterocycles. The van der Waals surface area contributed by atoms with Gasteiger partial charge in [0.25, 0.3) is 5.69 Å². The third-order valence-corrected chi connectivity index (χ3v) is 5.02. The molecule has 5 nitrogen and oxygen atoms in total. The topological polar surface area (TPSA) is 64.6 Å². The van der Waals surface area contributed by atoms with Crippen molar-refractivity contribution in [2.24, 2.45) is 0 Å². The van der Waals surface area contributed by atoms with Crippen LogP contribution in [0.25, 0.3) is 16.6 Å². The minimum absolute atomic E-state index is 0.0344. The summed E-state index contributed by atoms with van der Waals surface area (Å²) >= 11 is 12.2. The van der Waals surface area contributed by atoms with E-state index in [0.29, 0.717) is 10.7 Å². The number of fused-ring (bicyclic) bond motifs is 1. The van der Waals surface area contributed by atoms with Crippen LogP contribution in [0.15, 0.2) is 72.9 Å². The summed E-state index contributed by atoms with van der Waals surface area (Å²) < 4.78 is 1.78. The number of hydrogen-bond donors (Lipinski definition) is 0. The highest BCUT2D eigenvalue weighted by molar-refractivity contribution is 6.35. The van der Waals surface area contributed by atoms with Crippen molar-refractivity contribution in [2.45, 2.75) is 0 Å². The fourth-order valence-corrected chi connectivity index (χ4v) is 3.52. The zero-order chi connectivity index (χ0) is 19.8. The van der Waals surface area contributed by atoms with Crippen LogP contribution >= 0.6 is 23.2 Å². The molecule has 0 N–H and O–H groups in total. The summed E-state index contributed by atoms with van der Waals surface area (Å²) in [6, 6.07) is 18.6. The van der Waals surface area contributed by atoms with Gasteiger partial charge >= 0.3 is 0 Å². The number of rotatable bonds is 4. The van der Waals surface area contributed by atoms with Crippen LogP contribution in [0, 0.1) is 10.1 Å². The van der Waals surface area contributed by atoms with E-state index in [4.69, 9.17) is 23.2 Å². The smallest absolute Gasteiger partial charge is 0.270 e. The first-order chi connectivity index (χ1) is 13.5. The zero-order valence-corrected chi connectivity index (χ0v) is 15.8. The number of benzene rings is 2. The van der Waals surface area contributed by atoms with Crippen LogP contribution in [-0.2, 0) is 0 Å². The number of halogens is 2. The van der Waals surface area contributed by atoms with Crippen molar-refractivity contribution in [1.82, 2.24) is 4.40 Å². The second-order valence-corrected chi connectivity index (χ2v) is 7.00. The second kappa shape index (κ2) is 7.11. The number of pyridine rings is 1. The maximum absolute atomic E-state index is 13.4. The quantitative estimate of drug-likeness (QED) is 0.233. The van der Waals surface area contributed by atoms with Crippen LogP contribution in [0.5, 0.6) is 0 Å². The van der Waals surface area contributed by atoms with Crippen molar-refractivity contribution in [3.63, 3.8) is 0 Å². The summed E-state index contributed by atoms with van der Waals surface area (Å²) in [6.45, 7) is 0. The predicted octanol–water partition coefficient (Wildman–Crippen LogP) is 6.05. The lowest BCUT2D eigenvalue weighted by Gasteiger charge is -2.08. The van der Waals surface area contributed by atoms with E-state index in [2.05, 4.69) is 0 Å². The van der Waals surface area contributed by atoms with Crippen molar-refractivity contribution in [1.29, 1.82) is 0 Å². The van der Waals surface area contributed by atoms with E-state index in [1.165, 1.54) is 18.2 Å². The van der Waals surface area contributed by atoms with E-state index in [9.17, 15) is 14.9 Å². The fourth-order valence-electron chi connectivity index (χ4n) is 3.13. The Bertz CT molecular complexity index is 1230. The average Bonchev–Trinajstić information content (AvgIpc) is 3.07. The van der Waals surface area contributed by atoms with Gasteiger partial charge in [0.05, 0.1) is 9.95 Å². The molecule has 0 spiro atoms. The molecule has 4 rings (SSSR count). The molecule has 2 aromatic carbocycles. The van der Waals surface area contributed by atoms with Gasteiger partial charge < -0.3 is 4.40 Å². The molecule has 0 aliphatic carbocycles. The maximum Gasteiger partial charge on any atom is 0.270 e. The van der Waals surface area contributed by atoms with Gasteiger partial charge in [-0.2, -0.15) is 0 Å². The lowest BCUT2D eigenvalue weighted by atomic mass is 10.00. The monoisotopic (exact) mass is 410 g/mol. The van der Waals surface area contributed by atoms with Gasteiger partial charge in [0.2, 0.25) is 5.78 Å². The predicted molar refractivity (Wildman–Crippen MR) is 109 cm³/mol. The average molecular weight is 411 g/mol. The van der Waals surface area contributed by atoms with Gasteiger partial charge in [-0.1, -0.05) is 41.4 Å². The van der Waals surface area contributed by atoms with E-state index in [0.717, 1.165) is 16.6 Å². The van der Waals surface area contributed by atoms with Gasteiger partial charge in [0, 0.05) is 40.0 Å². The highest BCUT2D eigenvalue weighted by Gasteiger charge is 2.23. The van der Waals surface area contributed by atoms with Crippen molar-refractivity contribution >= 4 is 40.2 Å². The summed E-state index contributed by atoms with van der Waals surface area (Å²) in [5, 5.41) is 11.6. The van der Waals surface area contributed by atoms with Crippen LogP contribution in [0.3, 0.4) is 0 Å². The molecular weight excluding hydrogens is 399 g/mol. The van der Waals surface area contributed by atoms with E-state index in [1.54, 1.807) is 22.7 Å². The molecule has 0 fully saturated rings. The summed E-state index contributed by atoms with van der Waals surface area (Å²) in [4.78, 5) is 23.8. The molecule has 0 radical (unpaired) electrons. The molecule has 28 heavy (non-hydrogen) atoms. The van der Waals surface area contributed by atoms with E-state index < -0.39 is 4.92 Å². The Morgan fingerprint density at radius 2 is 1.71 bits per heavy atom. The molecule has 0 amide bonds. The summed E-state index contributed by atoms with van der Waals surface area (Å²) in [5.74, 6) is -0.323. The number of ketones is 1. The molecule has 0 unspecified atom stereocenters. The third-order valence-electron chi connectivity index (χ3n) is 4.46. The number of nitrogens with zero attached hydrogens (tertiary/aromatic N) is 2. The lowest BCUT2D eigenvalue weighted by Crippen LogP contribution is -2.08. The Morgan fingerprint density at radius 3 is 2.39 bits per heavy atom. The van der Waals surface area contributed by atoms with Crippen molar-refractivity contribution in [3.8, 4) is 11.1 Å². The second-order valence-electron chi connectivity index (χ2n) is 6.16. The Hall–Kier alpha value is -3.15. The molecule has 0 bridgehead atoms. The number of carbonyl (C=O) groups is 1. The number of nitro benzene ring substituents is 1. The van der Waals surface area contributed by atoms with Crippen molar-refractivity contribution in [3.05, 3.63) is 104 Å². The summed E-state index contributed by atoms with van der Waals surface area (Å²) in [5.41, 5.74) is 2.85. The molecule has 0 saturated carbocycles. The van der Waals surface area contributed by atoms with Gasteiger partial charge in [-0.3, -0.25) is 14.9 Å². The molecule has 4 aromatic rings. The Kier molecular flexibility index (Phi) is 4.63. The van der Waals surface area contributed by atoms with Gasteiger partial charge in [-0.25, -0.2) is 0 Å². The molecule has 2 heterocycles. The first kappa shape index (κ1) is 18.2. The molecule has 138 valence electrons. The molecular formula is C21H12Cl2N2O3. The molecule has 7 heteroatoms. The Balaban J connectivity index is 1.92. The minimum atomic E-state index is -0.550. The summed E-state index contributed by atoms with van der Waals surface area (Å²) in [6.07, 6.45) is 1.79. The SMILES string of the molecule is O=C(c1ccc([N+](=O)[O-])cc1Cl)c1c(-c2ccc(Cl)cc2)cc2ccccn12. The Labute approximate surface area is 169 Å². The number of carbonyl (C=O) groups excluding carboxylic acids is 1. The largest absolute Gasteiger partial charge is 0.313 e. The van der Waals surface area contributed by atoms with Crippen molar-refractivity contribution in [2.75, 3.05) is 0 Å². The highest BCUT2D eigenvalue weighted by Crippen LogP contribution is 2.32. The van der Waals surface area contributed by atoms with Crippen LogP contribution < -0.4 is 0 Å². The number of non-ortho nitro benzene ring substituents is 1. The number of nitro groups is 1. The van der Waals surface area contributed by atoms with Gasteiger partial charge in [-0.05, 0) is 42.0 Å². The fraction of sp³-hybridized carbons (Fsp3) is 0. The van der Waals surface area contributed by atoms with E-state index in [-0.39, 0.29) is 22.1 Å². The van der Waals surface area contributed by atoms with E-state index >= 15 is 0 Å².